The predicted octanol–water partition coefficient (Wildman–Crippen LogP) is 5.03. The number of aryl methyl sites for hydroxylation is 2. The Hall–Kier alpha value is -2.58. The Labute approximate surface area is 156 Å². The van der Waals surface area contributed by atoms with Crippen molar-refractivity contribution >= 4 is 33.2 Å². The molecule has 0 unspecified atom stereocenters. The number of anilines is 2. The Bertz CT molecular complexity index is 798. The SMILES string of the molecule is CCc1cccc(CC)c1N/C=C(/C#N)C(=O)Nc1ccc(Br)cc1. The first-order chi connectivity index (χ1) is 12.1. The van der Waals surface area contributed by atoms with E-state index >= 15 is 0 Å². The zero-order chi connectivity index (χ0) is 18.2. The number of carbonyl (C=O) groups is 1. The van der Waals surface area contributed by atoms with Crippen LogP contribution in [0.5, 0.6) is 0 Å². The van der Waals surface area contributed by atoms with Crippen molar-refractivity contribution in [1.82, 2.24) is 0 Å². The van der Waals surface area contributed by atoms with Crippen molar-refractivity contribution in [3.05, 3.63) is 69.8 Å². The van der Waals surface area contributed by atoms with E-state index in [9.17, 15) is 10.1 Å². The monoisotopic (exact) mass is 397 g/mol. The summed E-state index contributed by atoms with van der Waals surface area (Å²) < 4.78 is 0.923. The van der Waals surface area contributed by atoms with Gasteiger partial charge in [0.2, 0.25) is 0 Å². The molecule has 128 valence electrons. The van der Waals surface area contributed by atoms with Crippen LogP contribution in [-0.2, 0) is 17.6 Å². The summed E-state index contributed by atoms with van der Waals surface area (Å²) in [5, 5.41) is 15.2. The highest BCUT2D eigenvalue weighted by molar-refractivity contribution is 9.10. The molecule has 0 atom stereocenters. The van der Waals surface area contributed by atoms with Crippen LogP contribution in [0.25, 0.3) is 0 Å². The van der Waals surface area contributed by atoms with Gasteiger partial charge in [-0.2, -0.15) is 5.26 Å². The van der Waals surface area contributed by atoms with Gasteiger partial charge in [0.1, 0.15) is 11.6 Å². The van der Waals surface area contributed by atoms with Crippen LogP contribution >= 0.6 is 15.9 Å². The molecule has 5 heteroatoms. The van der Waals surface area contributed by atoms with Crippen LogP contribution in [0.15, 0.2) is 58.7 Å². The molecule has 25 heavy (non-hydrogen) atoms. The summed E-state index contributed by atoms with van der Waals surface area (Å²) in [5.74, 6) is -0.440. The van der Waals surface area contributed by atoms with Crippen molar-refractivity contribution in [2.45, 2.75) is 26.7 Å². The van der Waals surface area contributed by atoms with Crippen LogP contribution in [0.2, 0.25) is 0 Å². The fraction of sp³-hybridized carbons (Fsp3) is 0.200. The number of carbonyl (C=O) groups excluding carboxylic acids is 1. The molecule has 2 aromatic rings. The minimum Gasteiger partial charge on any atom is -0.360 e. The fourth-order valence-electron chi connectivity index (χ4n) is 2.45. The lowest BCUT2D eigenvalue weighted by Gasteiger charge is -2.13. The Morgan fingerprint density at radius 2 is 1.72 bits per heavy atom. The van der Waals surface area contributed by atoms with E-state index in [-0.39, 0.29) is 5.57 Å². The molecule has 0 radical (unpaired) electrons. The third-order valence-corrected chi connectivity index (χ3v) is 4.36. The van der Waals surface area contributed by atoms with Crippen LogP contribution < -0.4 is 10.6 Å². The van der Waals surface area contributed by atoms with E-state index in [0.717, 1.165) is 34.1 Å². The zero-order valence-corrected chi connectivity index (χ0v) is 15.9. The lowest BCUT2D eigenvalue weighted by molar-refractivity contribution is -0.112. The number of para-hydroxylation sites is 1. The quantitative estimate of drug-likeness (QED) is 0.530. The largest absolute Gasteiger partial charge is 0.360 e. The van der Waals surface area contributed by atoms with Gasteiger partial charge < -0.3 is 10.6 Å². The molecule has 0 fully saturated rings. The maximum atomic E-state index is 12.3. The molecular formula is C20H20BrN3O. The van der Waals surface area contributed by atoms with Gasteiger partial charge in [-0.3, -0.25) is 4.79 Å². The lowest BCUT2D eigenvalue weighted by Crippen LogP contribution is -2.14. The molecule has 0 heterocycles. The van der Waals surface area contributed by atoms with E-state index in [1.165, 1.54) is 6.20 Å². The average Bonchev–Trinajstić information content (AvgIpc) is 2.64. The van der Waals surface area contributed by atoms with Crippen molar-refractivity contribution in [3.63, 3.8) is 0 Å². The van der Waals surface area contributed by atoms with Gasteiger partial charge in [-0.1, -0.05) is 48.0 Å². The van der Waals surface area contributed by atoms with Gasteiger partial charge in [0.05, 0.1) is 0 Å². The zero-order valence-electron chi connectivity index (χ0n) is 14.3. The van der Waals surface area contributed by atoms with Gasteiger partial charge in [-0.25, -0.2) is 0 Å². The maximum absolute atomic E-state index is 12.3. The molecule has 0 aliphatic heterocycles. The van der Waals surface area contributed by atoms with Gasteiger partial charge in [0.15, 0.2) is 0 Å². The van der Waals surface area contributed by atoms with Crippen LogP contribution in [0.3, 0.4) is 0 Å². The molecule has 0 aliphatic rings. The molecule has 0 bridgehead atoms. The molecule has 1 amide bonds. The second kappa shape index (κ2) is 9.05. The standard InChI is InChI=1S/C20H20BrN3O/c1-3-14-6-5-7-15(4-2)19(14)23-13-16(12-22)20(25)24-18-10-8-17(21)9-11-18/h5-11,13,23H,3-4H2,1-2H3,(H,24,25)/b16-13-. The van der Waals surface area contributed by atoms with E-state index in [1.807, 2.05) is 36.4 Å². The maximum Gasteiger partial charge on any atom is 0.267 e. The average molecular weight is 398 g/mol. The number of benzene rings is 2. The number of nitrogens with one attached hydrogen (secondary N) is 2. The van der Waals surface area contributed by atoms with Crippen LogP contribution in [0.1, 0.15) is 25.0 Å². The summed E-state index contributed by atoms with van der Waals surface area (Å²) >= 11 is 3.35. The van der Waals surface area contributed by atoms with E-state index in [1.54, 1.807) is 12.1 Å². The minimum absolute atomic E-state index is 0.0240. The molecule has 0 aromatic heterocycles. The first-order valence-electron chi connectivity index (χ1n) is 8.13. The van der Waals surface area contributed by atoms with E-state index in [2.05, 4.69) is 40.4 Å². The van der Waals surface area contributed by atoms with Crippen LogP contribution in [0, 0.1) is 11.3 Å². The highest BCUT2D eigenvalue weighted by Gasteiger charge is 2.11. The Kier molecular flexibility index (Phi) is 6.79. The first-order valence-corrected chi connectivity index (χ1v) is 8.92. The highest BCUT2D eigenvalue weighted by Crippen LogP contribution is 2.23. The second-order valence-electron chi connectivity index (χ2n) is 5.43. The third-order valence-electron chi connectivity index (χ3n) is 3.83. The number of halogens is 1. The summed E-state index contributed by atoms with van der Waals surface area (Å²) in [6.07, 6.45) is 3.22. The summed E-state index contributed by atoms with van der Waals surface area (Å²) in [7, 11) is 0. The van der Waals surface area contributed by atoms with Crippen LogP contribution in [-0.4, -0.2) is 5.91 Å². The van der Waals surface area contributed by atoms with Gasteiger partial charge in [0.25, 0.3) is 5.91 Å². The van der Waals surface area contributed by atoms with E-state index in [0.29, 0.717) is 5.69 Å². The van der Waals surface area contributed by atoms with E-state index < -0.39 is 5.91 Å². The topological polar surface area (TPSA) is 64.9 Å². The minimum atomic E-state index is -0.440. The summed E-state index contributed by atoms with van der Waals surface area (Å²) in [6, 6.07) is 15.3. The van der Waals surface area contributed by atoms with Crippen molar-refractivity contribution < 1.29 is 4.79 Å². The van der Waals surface area contributed by atoms with Crippen LogP contribution in [0.4, 0.5) is 11.4 Å². The Morgan fingerprint density at radius 1 is 1.12 bits per heavy atom. The second-order valence-corrected chi connectivity index (χ2v) is 6.35. The van der Waals surface area contributed by atoms with Gasteiger partial charge in [-0.15, -0.1) is 0 Å². The summed E-state index contributed by atoms with van der Waals surface area (Å²) in [4.78, 5) is 12.3. The lowest BCUT2D eigenvalue weighted by atomic mass is 10.0. The number of nitrogens with zero attached hydrogens (tertiary/aromatic N) is 1. The molecular weight excluding hydrogens is 378 g/mol. The normalized spacial score (nSPS) is 10.9. The van der Waals surface area contributed by atoms with Crippen molar-refractivity contribution in [3.8, 4) is 6.07 Å². The fourth-order valence-corrected chi connectivity index (χ4v) is 2.72. The first kappa shape index (κ1) is 18.8. The van der Waals surface area contributed by atoms with Gasteiger partial charge in [0, 0.05) is 22.0 Å². The van der Waals surface area contributed by atoms with E-state index in [4.69, 9.17) is 0 Å². The molecule has 0 saturated heterocycles. The van der Waals surface area contributed by atoms with Gasteiger partial charge >= 0.3 is 0 Å². The number of hydrogen-bond donors (Lipinski definition) is 2. The molecule has 2 aromatic carbocycles. The van der Waals surface area contributed by atoms with Crippen molar-refractivity contribution in [2.24, 2.45) is 0 Å². The van der Waals surface area contributed by atoms with Crippen molar-refractivity contribution in [1.29, 1.82) is 5.26 Å². The summed E-state index contributed by atoms with van der Waals surface area (Å²) in [5.41, 5.74) is 3.94. The number of nitriles is 1. The molecule has 2 rings (SSSR count). The Morgan fingerprint density at radius 3 is 2.24 bits per heavy atom. The molecule has 2 N–H and O–H groups in total. The number of amides is 1. The third kappa shape index (κ3) is 4.94. The van der Waals surface area contributed by atoms with Gasteiger partial charge in [-0.05, 0) is 48.2 Å². The molecule has 0 aliphatic carbocycles. The summed E-state index contributed by atoms with van der Waals surface area (Å²) in [6.45, 7) is 4.16. The van der Waals surface area contributed by atoms with Crippen molar-refractivity contribution in [2.75, 3.05) is 10.6 Å². The number of hydrogen-bond acceptors (Lipinski definition) is 3. The highest BCUT2D eigenvalue weighted by atomic mass is 79.9. The predicted molar refractivity (Wildman–Crippen MR) is 105 cm³/mol. The number of rotatable bonds is 6. The smallest absolute Gasteiger partial charge is 0.267 e. The molecule has 0 saturated carbocycles. The molecule has 4 nitrogen and oxygen atoms in total. The Balaban J connectivity index is 2.19. The molecule has 0 spiro atoms.